The van der Waals surface area contributed by atoms with E-state index in [4.69, 9.17) is 9.94 Å². The minimum Gasteiger partial charge on any atom is -0.379 e. The highest BCUT2D eigenvalue weighted by Crippen LogP contribution is 2.06. The summed E-state index contributed by atoms with van der Waals surface area (Å²) in [7, 11) is 0. The topological polar surface area (TPSA) is 44.7 Å². The molecule has 1 aliphatic heterocycles. The van der Waals surface area contributed by atoms with Crippen LogP contribution in [-0.2, 0) is 4.74 Å². The van der Waals surface area contributed by atoms with Crippen molar-refractivity contribution in [3.63, 3.8) is 0 Å². The fraction of sp³-hybridized carbons (Fsp3) is 1.00. The van der Waals surface area contributed by atoms with Gasteiger partial charge in [0.2, 0.25) is 0 Å². The summed E-state index contributed by atoms with van der Waals surface area (Å²) in [5.74, 6) is 0. The summed E-state index contributed by atoms with van der Waals surface area (Å²) in [6.07, 6.45) is 0. The molecule has 1 aliphatic rings. The number of morpholine rings is 1. The summed E-state index contributed by atoms with van der Waals surface area (Å²) in [5, 5.41) is 8.82. The maximum absolute atomic E-state index is 8.82. The predicted octanol–water partition coefficient (Wildman–Crippen LogP) is 0.0760. The van der Waals surface area contributed by atoms with Crippen LogP contribution in [0.4, 0.5) is 0 Å². The molecular formula is C8H18N2O2. The standard InChI is InChI=1S/C8H18N2O2/c1-8(2,9-11)7-10-3-5-12-6-4-10/h9,11H,3-7H2,1-2H3. The van der Waals surface area contributed by atoms with Crippen LogP contribution in [0.3, 0.4) is 0 Å². The molecule has 1 rings (SSSR count). The first kappa shape index (κ1) is 9.92. The Kier molecular flexibility index (Phi) is 3.46. The van der Waals surface area contributed by atoms with E-state index in [0.29, 0.717) is 0 Å². The Morgan fingerprint density at radius 1 is 1.42 bits per heavy atom. The van der Waals surface area contributed by atoms with Crippen LogP contribution in [0.15, 0.2) is 0 Å². The SMILES string of the molecule is CC(C)(CN1CCOCC1)NO. The average Bonchev–Trinajstić information content (AvgIpc) is 2.06. The maximum Gasteiger partial charge on any atom is 0.0594 e. The normalized spacial score (nSPS) is 21.2. The van der Waals surface area contributed by atoms with Gasteiger partial charge in [-0.25, -0.2) is 0 Å². The highest BCUT2D eigenvalue weighted by Gasteiger charge is 2.21. The summed E-state index contributed by atoms with van der Waals surface area (Å²) in [6.45, 7) is 8.34. The molecule has 0 saturated carbocycles. The first-order valence-corrected chi connectivity index (χ1v) is 4.35. The van der Waals surface area contributed by atoms with Gasteiger partial charge in [-0.05, 0) is 13.8 Å². The lowest BCUT2D eigenvalue weighted by atomic mass is 10.1. The zero-order valence-electron chi connectivity index (χ0n) is 7.84. The van der Waals surface area contributed by atoms with Gasteiger partial charge in [0.05, 0.1) is 18.8 Å². The van der Waals surface area contributed by atoms with Crippen LogP contribution in [0.1, 0.15) is 13.8 Å². The van der Waals surface area contributed by atoms with Gasteiger partial charge in [0, 0.05) is 19.6 Å². The Labute approximate surface area is 73.5 Å². The summed E-state index contributed by atoms with van der Waals surface area (Å²) < 4.78 is 5.22. The Balaban J connectivity index is 2.28. The molecule has 1 saturated heterocycles. The average molecular weight is 174 g/mol. The quantitative estimate of drug-likeness (QED) is 0.595. The van der Waals surface area contributed by atoms with Gasteiger partial charge in [-0.1, -0.05) is 0 Å². The van der Waals surface area contributed by atoms with Crippen LogP contribution < -0.4 is 5.48 Å². The van der Waals surface area contributed by atoms with Crippen LogP contribution in [0.25, 0.3) is 0 Å². The molecular weight excluding hydrogens is 156 g/mol. The fourth-order valence-corrected chi connectivity index (χ4v) is 1.35. The van der Waals surface area contributed by atoms with Crippen LogP contribution in [-0.4, -0.2) is 48.5 Å². The Morgan fingerprint density at radius 3 is 2.50 bits per heavy atom. The van der Waals surface area contributed by atoms with E-state index < -0.39 is 0 Å². The molecule has 4 nitrogen and oxygen atoms in total. The Hall–Kier alpha value is -0.160. The first-order valence-electron chi connectivity index (χ1n) is 4.35. The van der Waals surface area contributed by atoms with Crippen molar-refractivity contribution in [1.29, 1.82) is 0 Å². The summed E-state index contributed by atoms with van der Waals surface area (Å²) >= 11 is 0. The van der Waals surface area contributed by atoms with E-state index in [1.54, 1.807) is 0 Å². The number of rotatable bonds is 3. The zero-order chi connectivity index (χ0) is 9.03. The van der Waals surface area contributed by atoms with Crippen molar-refractivity contribution in [2.24, 2.45) is 0 Å². The molecule has 0 atom stereocenters. The third-order valence-electron chi connectivity index (χ3n) is 2.03. The van der Waals surface area contributed by atoms with Gasteiger partial charge in [-0.15, -0.1) is 0 Å². The second-order valence-electron chi connectivity index (χ2n) is 3.88. The van der Waals surface area contributed by atoms with Crippen molar-refractivity contribution in [2.75, 3.05) is 32.8 Å². The number of nitrogens with one attached hydrogen (secondary N) is 1. The number of nitrogens with zero attached hydrogens (tertiary/aromatic N) is 1. The molecule has 2 N–H and O–H groups in total. The van der Waals surface area contributed by atoms with Crippen molar-refractivity contribution in [3.8, 4) is 0 Å². The highest BCUT2D eigenvalue weighted by atomic mass is 16.5. The summed E-state index contributed by atoms with van der Waals surface area (Å²) in [4.78, 5) is 2.28. The molecule has 4 heteroatoms. The number of hydroxylamine groups is 1. The van der Waals surface area contributed by atoms with E-state index in [1.165, 1.54) is 0 Å². The highest BCUT2D eigenvalue weighted by molar-refractivity contribution is 4.79. The van der Waals surface area contributed by atoms with Crippen molar-refractivity contribution < 1.29 is 9.94 Å². The first-order chi connectivity index (χ1) is 5.64. The molecule has 12 heavy (non-hydrogen) atoms. The van der Waals surface area contributed by atoms with Crippen molar-refractivity contribution in [2.45, 2.75) is 19.4 Å². The van der Waals surface area contributed by atoms with Gasteiger partial charge >= 0.3 is 0 Å². The molecule has 0 bridgehead atoms. The second-order valence-corrected chi connectivity index (χ2v) is 3.88. The molecule has 0 aromatic heterocycles. The lowest BCUT2D eigenvalue weighted by Gasteiger charge is -2.33. The molecule has 0 radical (unpaired) electrons. The monoisotopic (exact) mass is 174 g/mol. The molecule has 1 heterocycles. The molecule has 1 fully saturated rings. The van der Waals surface area contributed by atoms with Crippen LogP contribution in [0, 0.1) is 0 Å². The largest absolute Gasteiger partial charge is 0.379 e. The van der Waals surface area contributed by atoms with E-state index in [1.807, 2.05) is 13.8 Å². The van der Waals surface area contributed by atoms with Crippen molar-refractivity contribution in [3.05, 3.63) is 0 Å². The van der Waals surface area contributed by atoms with Crippen LogP contribution >= 0.6 is 0 Å². The minimum absolute atomic E-state index is 0.225. The van der Waals surface area contributed by atoms with Crippen LogP contribution in [0.5, 0.6) is 0 Å². The van der Waals surface area contributed by atoms with E-state index in [9.17, 15) is 0 Å². The van der Waals surface area contributed by atoms with E-state index >= 15 is 0 Å². The summed E-state index contributed by atoms with van der Waals surface area (Å²) in [5.41, 5.74) is 2.08. The van der Waals surface area contributed by atoms with Crippen molar-refractivity contribution >= 4 is 0 Å². The molecule has 0 aromatic carbocycles. The van der Waals surface area contributed by atoms with Crippen LogP contribution in [0.2, 0.25) is 0 Å². The van der Waals surface area contributed by atoms with Crippen molar-refractivity contribution in [1.82, 2.24) is 10.4 Å². The molecule has 0 aromatic rings. The van der Waals surface area contributed by atoms with Gasteiger partial charge in [-0.3, -0.25) is 4.90 Å². The maximum atomic E-state index is 8.82. The summed E-state index contributed by atoms with van der Waals surface area (Å²) in [6, 6.07) is 0. The van der Waals surface area contributed by atoms with Gasteiger partial charge in [0.25, 0.3) is 0 Å². The number of hydrogen-bond acceptors (Lipinski definition) is 4. The zero-order valence-corrected chi connectivity index (χ0v) is 7.84. The Morgan fingerprint density at radius 2 is 2.00 bits per heavy atom. The lowest BCUT2D eigenvalue weighted by molar-refractivity contribution is 0.00335. The van der Waals surface area contributed by atoms with Gasteiger partial charge < -0.3 is 9.94 Å². The second kappa shape index (κ2) is 4.18. The molecule has 0 spiro atoms. The molecule has 0 aliphatic carbocycles. The predicted molar refractivity (Wildman–Crippen MR) is 46.3 cm³/mol. The van der Waals surface area contributed by atoms with E-state index in [2.05, 4.69) is 10.4 Å². The third kappa shape index (κ3) is 3.06. The van der Waals surface area contributed by atoms with Gasteiger partial charge in [0.1, 0.15) is 0 Å². The number of ether oxygens (including phenoxy) is 1. The van der Waals surface area contributed by atoms with Gasteiger partial charge in [-0.2, -0.15) is 5.48 Å². The van der Waals surface area contributed by atoms with E-state index in [-0.39, 0.29) is 5.54 Å². The fourth-order valence-electron chi connectivity index (χ4n) is 1.35. The molecule has 0 unspecified atom stereocenters. The molecule has 0 amide bonds. The lowest BCUT2D eigenvalue weighted by Crippen LogP contribution is -2.50. The third-order valence-corrected chi connectivity index (χ3v) is 2.03. The Bertz CT molecular complexity index is 133. The minimum atomic E-state index is -0.225. The number of hydrogen-bond donors (Lipinski definition) is 2. The molecule has 72 valence electrons. The van der Waals surface area contributed by atoms with Gasteiger partial charge in [0.15, 0.2) is 0 Å². The smallest absolute Gasteiger partial charge is 0.0594 e. The van der Waals surface area contributed by atoms with E-state index in [0.717, 1.165) is 32.8 Å².